The van der Waals surface area contributed by atoms with Crippen molar-refractivity contribution < 1.29 is 0 Å². The molecule has 15 heavy (non-hydrogen) atoms. The molecule has 2 aromatic rings. The Morgan fingerprint density at radius 2 is 2.33 bits per heavy atom. The lowest BCUT2D eigenvalue weighted by atomic mass is 10.2. The van der Waals surface area contributed by atoms with E-state index in [1.54, 1.807) is 12.4 Å². The zero-order valence-corrected chi connectivity index (χ0v) is 8.80. The average molecular weight is 202 g/mol. The molecule has 0 atom stereocenters. The quantitative estimate of drug-likeness (QED) is 0.763. The predicted octanol–water partition coefficient (Wildman–Crippen LogP) is 2.14. The van der Waals surface area contributed by atoms with E-state index in [-0.39, 0.29) is 0 Å². The Morgan fingerprint density at radius 3 is 3.07 bits per heavy atom. The van der Waals surface area contributed by atoms with E-state index in [4.69, 9.17) is 0 Å². The molecule has 0 fully saturated rings. The lowest BCUT2D eigenvalue weighted by molar-refractivity contribution is 0.553. The number of rotatable bonds is 4. The maximum atomic E-state index is 4.11. The van der Waals surface area contributed by atoms with Crippen LogP contribution in [0.3, 0.4) is 0 Å². The molecule has 2 rings (SSSR count). The van der Waals surface area contributed by atoms with Crippen molar-refractivity contribution in [3.8, 4) is 11.3 Å². The number of unbranched alkanes of at least 4 members (excludes halogenated alkanes) is 1. The third-order valence-corrected chi connectivity index (χ3v) is 2.24. The molecule has 4 nitrogen and oxygen atoms in total. The molecule has 2 heterocycles. The van der Waals surface area contributed by atoms with Gasteiger partial charge in [0.25, 0.3) is 0 Å². The Balaban J connectivity index is 2.14. The zero-order valence-electron chi connectivity index (χ0n) is 8.80. The van der Waals surface area contributed by atoms with Gasteiger partial charge in [-0.1, -0.05) is 18.6 Å². The smallest absolute Gasteiger partial charge is 0.114 e. The number of hydrogen-bond donors (Lipinski definition) is 0. The van der Waals surface area contributed by atoms with Crippen LogP contribution >= 0.6 is 0 Å². The normalized spacial score (nSPS) is 10.5. The Hall–Kier alpha value is -1.71. The molecule has 0 spiro atoms. The zero-order chi connectivity index (χ0) is 10.5. The lowest BCUT2D eigenvalue weighted by Crippen LogP contribution is -1.97. The monoisotopic (exact) mass is 202 g/mol. The fraction of sp³-hybridized carbons (Fsp3) is 0.364. The molecule has 78 valence electrons. The van der Waals surface area contributed by atoms with Gasteiger partial charge in [0.1, 0.15) is 5.69 Å². The van der Waals surface area contributed by atoms with Crippen LogP contribution in [0.2, 0.25) is 0 Å². The van der Waals surface area contributed by atoms with Crippen molar-refractivity contribution in [1.82, 2.24) is 20.0 Å². The van der Waals surface area contributed by atoms with Crippen LogP contribution in [0.25, 0.3) is 11.3 Å². The summed E-state index contributed by atoms with van der Waals surface area (Å²) in [5.74, 6) is 0. The summed E-state index contributed by atoms with van der Waals surface area (Å²) in [5, 5.41) is 8.18. The summed E-state index contributed by atoms with van der Waals surface area (Å²) in [4.78, 5) is 4.06. The van der Waals surface area contributed by atoms with Gasteiger partial charge in [-0.3, -0.25) is 9.67 Å². The summed E-state index contributed by atoms with van der Waals surface area (Å²) in [6.45, 7) is 3.10. The summed E-state index contributed by atoms with van der Waals surface area (Å²) in [5.41, 5.74) is 1.90. The van der Waals surface area contributed by atoms with Gasteiger partial charge in [0.05, 0.1) is 6.20 Å². The van der Waals surface area contributed by atoms with Gasteiger partial charge in [-0.25, -0.2) is 0 Å². The molecule has 0 aromatic carbocycles. The van der Waals surface area contributed by atoms with Gasteiger partial charge in [0.15, 0.2) is 0 Å². The maximum Gasteiger partial charge on any atom is 0.114 e. The highest BCUT2D eigenvalue weighted by atomic mass is 15.4. The van der Waals surface area contributed by atoms with Crippen LogP contribution in [-0.4, -0.2) is 20.0 Å². The minimum Gasteiger partial charge on any atom is -0.264 e. The van der Waals surface area contributed by atoms with Crippen molar-refractivity contribution >= 4 is 0 Å². The van der Waals surface area contributed by atoms with Gasteiger partial charge in [-0.15, -0.1) is 5.10 Å². The van der Waals surface area contributed by atoms with E-state index in [0.717, 1.165) is 24.2 Å². The van der Waals surface area contributed by atoms with Crippen molar-refractivity contribution in [3.63, 3.8) is 0 Å². The number of aromatic nitrogens is 4. The van der Waals surface area contributed by atoms with Gasteiger partial charge in [-0.05, 0) is 18.6 Å². The van der Waals surface area contributed by atoms with E-state index in [2.05, 4.69) is 22.2 Å². The molecule has 2 aromatic heterocycles. The first kappa shape index (κ1) is 9.83. The van der Waals surface area contributed by atoms with E-state index in [0.29, 0.717) is 0 Å². The van der Waals surface area contributed by atoms with E-state index in [1.165, 1.54) is 6.42 Å². The molecule has 0 N–H and O–H groups in total. The second kappa shape index (κ2) is 4.68. The molecule has 0 aliphatic rings. The highest BCUT2D eigenvalue weighted by molar-refractivity contribution is 5.55. The largest absolute Gasteiger partial charge is 0.264 e. The van der Waals surface area contributed by atoms with Crippen LogP contribution in [0.1, 0.15) is 19.8 Å². The van der Waals surface area contributed by atoms with Crippen LogP contribution in [0.15, 0.2) is 30.7 Å². The first-order chi connectivity index (χ1) is 7.40. The first-order valence-electron chi connectivity index (χ1n) is 5.20. The summed E-state index contributed by atoms with van der Waals surface area (Å²) in [7, 11) is 0. The molecule has 0 bridgehead atoms. The molecule has 0 amide bonds. The van der Waals surface area contributed by atoms with Gasteiger partial charge >= 0.3 is 0 Å². The Morgan fingerprint density at radius 1 is 1.40 bits per heavy atom. The van der Waals surface area contributed by atoms with E-state index in [9.17, 15) is 0 Å². The third-order valence-electron chi connectivity index (χ3n) is 2.24. The Bertz CT molecular complexity index is 408. The van der Waals surface area contributed by atoms with Crippen molar-refractivity contribution in [1.29, 1.82) is 0 Å². The van der Waals surface area contributed by atoms with E-state index >= 15 is 0 Å². The van der Waals surface area contributed by atoms with Crippen LogP contribution in [0, 0.1) is 0 Å². The fourth-order valence-electron chi connectivity index (χ4n) is 1.37. The van der Waals surface area contributed by atoms with Crippen molar-refractivity contribution in [2.45, 2.75) is 26.3 Å². The van der Waals surface area contributed by atoms with Gasteiger partial charge in [0.2, 0.25) is 0 Å². The third kappa shape index (κ3) is 2.40. The Labute approximate surface area is 89.0 Å². The minimum absolute atomic E-state index is 0.888. The number of nitrogens with zero attached hydrogens (tertiary/aromatic N) is 4. The highest BCUT2D eigenvalue weighted by Crippen LogP contribution is 2.13. The number of pyridine rings is 1. The second-order valence-corrected chi connectivity index (χ2v) is 3.46. The number of aryl methyl sites for hydroxylation is 1. The standard InChI is InChI=1S/C11H14N4/c1-2-3-7-15-9-11(13-14-15)10-5-4-6-12-8-10/h4-6,8-9H,2-3,7H2,1H3. The summed E-state index contributed by atoms with van der Waals surface area (Å²) in [6.07, 6.45) is 7.82. The van der Waals surface area contributed by atoms with Gasteiger partial charge < -0.3 is 0 Å². The van der Waals surface area contributed by atoms with Gasteiger partial charge in [-0.2, -0.15) is 0 Å². The lowest BCUT2D eigenvalue weighted by Gasteiger charge is -1.95. The van der Waals surface area contributed by atoms with Gasteiger partial charge in [0, 0.05) is 24.5 Å². The number of hydrogen-bond acceptors (Lipinski definition) is 3. The highest BCUT2D eigenvalue weighted by Gasteiger charge is 2.02. The molecule has 0 saturated carbocycles. The van der Waals surface area contributed by atoms with Crippen LogP contribution in [0.4, 0.5) is 0 Å². The molecule has 0 aliphatic heterocycles. The van der Waals surface area contributed by atoms with Crippen LogP contribution in [-0.2, 0) is 6.54 Å². The van der Waals surface area contributed by atoms with Crippen LogP contribution in [0.5, 0.6) is 0 Å². The summed E-state index contributed by atoms with van der Waals surface area (Å²) >= 11 is 0. The Kier molecular flexibility index (Phi) is 3.07. The molecule has 0 saturated heterocycles. The molecular formula is C11H14N4. The molecule has 0 unspecified atom stereocenters. The van der Waals surface area contributed by atoms with E-state index < -0.39 is 0 Å². The summed E-state index contributed by atoms with van der Waals surface area (Å²) in [6, 6.07) is 3.89. The minimum atomic E-state index is 0.888. The average Bonchev–Trinajstić information content (AvgIpc) is 2.76. The van der Waals surface area contributed by atoms with Crippen LogP contribution < -0.4 is 0 Å². The van der Waals surface area contributed by atoms with Crippen molar-refractivity contribution in [2.75, 3.05) is 0 Å². The van der Waals surface area contributed by atoms with E-state index in [1.807, 2.05) is 23.0 Å². The first-order valence-corrected chi connectivity index (χ1v) is 5.20. The topological polar surface area (TPSA) is 43.6 Å². The molecule has 4 heteroatoms. The molecule has 0 aliphatic carbocycles. The second-order valence-electron chi connectivity index (χ2n) is 3.46. The fourth-order valence-corrected chi connectivity index (χ4v) is 1.37. The molecular weight excluding hydrogens is 188 g/mol. The maximum absolute atomic E-state index is 4.11. The SMILES string of the molecule is CCCCn1cc(-c2cccnc2)nn1. The predicted molar refractivity (Wildman–Crippen MR) is 58.2 cm³/mol. The molecule has 0 radical (unpaired) electrons. The van der Waals surface area contributed by atoms with Crippen molar-refractivity contribution in [3.05, 3.63) is 30.7 Å². The van der Waals surface area contributed by atoms with Crippen molar-refractivity contribution in [2.24, 2.45) is 0 Å². The summed E-state index contributed by atoms with van der Waals surface area (Å²) < 4.78 is 1.88.